The molecule has 0 radical (unpaired) electrons. The van der Waals surface area contributed by atoms with Crippen LogP contribution in [0, 0.1) is 5.92 Å². The molecule has 1 amide bonds. The van der Waals surface area contributed by atoms with E-state index in [9.17, 15) is 4.79 Å². The van der Waals surface area contributed by atoms with Gasteiger partial charge in [0.25, 0.3) is 0 Å². The Labute approximate surface area is 114 Å². The van der Waals surface area contributed by atoms with Gasteiger partial charge in [-0.25, -0.2) is 0 Å². The van der Waals surface area contributed by atoms with Gasteiger partial charge in [0.1, 0.15) is 0 Å². The van der Waals surface area contributed by atoms with E-state index >= 15 is 0 Å². The lowest BCUT2D eigenvalue weighted by Gasteiger charge is -2.34. The maximum atomic E-state index is 11.8. The Morgan fingerprint density at radius 2 is 2.32 bits per heavy atom. The lowest BCUT2D eigenvalue weighted by molar-refractivity contribution is -0.119. The molecule has 1 aliphatic carbocycles. The molecule has 19 heavy (non-hydrogen) atoms. The second-order valence-corrected chi connectivity index (χ2v) is 5.20. The highest BCUT2D eigenvalue weighted by Crippen LogP contribution is 2.32. The van der Waals surface area contributed by atoms with Gasteiger partial charge in [0.15, 0.2) is 5.82 Å². The van der Waals surface area contributed by atoms with Gasteiger partial charge in [0, 0.05) is 24.8 Å². The number of anilines is 1. The van der Waals surface area contributed by atoms with Crippen molar-refractivity contribution in [3.63, 3.8) is 0 Å². The van der Waals surface area contributed by atoms with E-state index in [1.165, 1.54) is 0 Å². The van der Waals surface area contributed by atoms with E-state index in [0.29, 0.717) is 24.3 Å². The minimum atomic E-state index is 0.0505. The molecule has 0 spiro atoms. The van der Waals surface area contributed by atoms with Gasteiger partial charge in [0.2, 0.25) is 5.91 Å². The number of rotatable bonds is 7. The first-order chi connectivity index (χ1) is 9.21. The van der Waals surface area contributed by atoms with E-state index in [1.54, 1.807) is 0 Å². The van der Waals surface area contributed by atoms with Crippen LogP contribution in [0.15, 0.2) is 6.07 Å². The number of amides is 1. The second-order valence-electron chi connectivity index (χ2n) is 5.20. The van der Waals surface area contributed by atoms with Crippen molar-refractivity contribution < 1.29 is 9.53 Å². The summed E-state index contributed by atoms with van der Waals surface area (Å²) in [5.74, 6) is 1.15. The summed E-state index contributed by atoms with van der Waals surface area (Å²) in [5.41, 5.74) is 1.07. The van der Waals surface area contributed by atoms with Gasteiger partial charge in [-0.15, -0.1) is 0 Å². The van der Waals surface area contributed by atoms with Crippen LogP contribution in [0.5, 0.6) is 0 Å². The topological polar surface area (TPSA) is 67.0 Å². The number of carbonyl (C=O) groups excluding carboxylic acids is 1. The third kappa shape index (κ3) is 4.06. The van der Waals surface area contributed by atoms with Crippen LogP contribution in [0.25, 0.3) is 0 Å². The SMILES string of the molecule is CCCc1cc(NC(=O)CC2CC(OCC)C2)n[nH]1. The van der Waals surface area contributed by atoms with Crippen LogP contribution in [-0.4, -0.2) is 28.8 Å². The molecule has 2 rings (SSSR count). The second kappa shape index (κ2) is 6.70. The smallest absolute Gasteiger partial charge is 0.225 e. The van der Waals surface area contributed by atoms with Crippen molar-refractivity contribution in [2.75, 3.05) is 11.9 Å². The average Bonchev–Trinajstić information content (AvgIpc) is 2.74. The third-order valence-electron chi connectivity index (χ3n) is 3.49. The van der Waals surface area contributed by atoms with E-state index in [2.05, 4.69) is 22.4 Å². The summed E-state index contributed by atoms with van der Waals surface area (Å²) in [4.78, 5) is 11.8. The molecule has 1 aromatic rings. The molecule has 1 aliphatic rings. The van der Waals surface area contributed by atoms with Crippen LogP contribution in [-0.2, 0) is 16.0 Å². The molecule has 106 valence electrons. The molecule has 5 nitrogen and oxygen atoms in total. The van der Waals surface area contributed by atoms with Gasteiger partial charge in [-0.05, 0) is 32.1 Å². The first-order valence-corrected chi connectivity index (χ1v) is 7.17. The van der Waals surface area contributed by atoms with Gasteiger partial charge in [0.05, 0.1) is 6.10 Å². The lowest BCUT2D eigenvalue weighted by Crippen LogP contribution is -2.33. The van der Waals surface area contributed by atoms with Gasteiger partial charge in [-0.3, -0.25) is 9.89 Å². The maximum absolute atomic E-state index is 11.8. The van der Waals surface area contributed by atoms with Gasteiger partial charge in [-0.1, -0.05) is 13.3 Å². The van der Waals surface area contributed by atoms with Crippen LogP contribution >= 0.6 is 0 Å². The molecular formula is C14H23N3O2. The molecule has 1 aromatic heterocycles. The summed E-state index contributed by atoms with van der Waals surface area (Å²) in [6.07, 6.45) is 4.97. The zero-order chi connectivity index (χ0) is 13.7. The number of carbonyl (C=O) groups is 1. The number of hydrogen-bond donors (Lipinski definition) is 2. The van der Waals surface area contributed by atoms with Crippen molar-refractivity contribution in [3.8, 4) is 0 Å². The van der Waals surface area contributed by atoms with Crippen molar-refractivity contribution >= 4 is 11.7 Å². The molecule has 0 unspecified atom stereocenters. The summed E-state index contributed by atoms with van der Waals surface area (Å²) in [6, 6.07) is 1.91. The van der Waals surface area contributed by atoms with Gasteiger partial charge in [-0.2, -0.15) is 5.10 Å². The molecule has 5 heteroatoms. The monoisotopic (exact) mass is 265 g/mol. The van der Waals surface area contributed by atoms with Crippen LogP contribution in [0.2, 0.25) is 0 Å². The lowest BCUT2D eigenvalue weighted by atomic mass is 9.80. The Balaban J connectivity index is 1.69. The largest absolute Gasteiger partial charge is 0.378 e. The van der Waals surface area contributed by atoms with Crippen molar-refractivity contribution in [2.45, 2.75) is 52.1 Å². The van der Waals surface area contributed by atoms with E-state index in [-0.39, 0.29) is 5.91 Å². The van der Waals surface area contributed by atoms with Crippen molar-refractivity contribution in [2.24, 2.45) is 5.92 Å². The summed E-state index contributed by atoms with van der Waals surface area (Å²) < 4.78 is 5.49. The van der Waals surface area contributed by atoms with Crippen LogP contribution in [0.1, 0.15) is 45.2 Å². The summed E-state index contributed by atoms with van der Waals surface area (Å²) in [7, 11) is 0. The predicted octanol–water partition coefficient (Wildman–Crippen LogP) is 2.51. The fraction of sp³-hybridized carbons (Fsp3) is 0.714. The highest BCUT2D eigenvalue weighted by atomic mass is 16.5. The Hall–Kier alpha value is -1.36. The average molecular weight is 265 g/mol. The standard InChI is InChI=1S/C14H23N3O2/c1-3-5-11-9-13(17-16-11)15-14(18)8-10-6-12(7-10)19-4-2/h9-10,12H,3-8H2,1-2H3,(H2,15,16,17,18). The molecule has 0 aliphatic heterocycles. The number of aryl methyl sites for hydroxylation is 1. The summed E-state index contributed by atoms with van der Waals surface area (Å²) in [6.45, 7) is 4.88. The molecule has 1 saturated carbocycles. The minimum absolute atomic E-state index is 0.0505. The zero-order valence-corrected chi connectivity index (χ0v) is 11.7. The fourth-order valence-electron chi connectivity index (χ4n) is 2.49. The Morgan fingerprint density at radius 3 is 3.00 bits per heavy atom. The number of nitrogens with one attached hydrogen (secondary N) is 2. The number of nitrogens with zero attached hydrogens (tertiary/aromatic N) is 1. The third-order valence-corrected chi connectivity index (χ3v) is 3.49. The summed E-state index contributed by atoms with van der Waals surface area (Å²) in [5, 5.41) is 9.87. The maximum Gasteiger partial charge on any atom is 0.225 e. The van der Waals surface area contributed by atoms with Crippen molar-refractivity contribution in [1.82, 2.24) is 10.2 Å². The van der Waals surface area contributed by atoms with E-state index < -0.39 is 0 Å². The van der Waals surface area contributed by atoms with Crippen LogP contribution in [0.3, 0.4) is 0 Å². The highest BCUT2D eigenvalue weighted by molar-refractivity contribution is 5.89. The quantitative estimate of drug-likeness (QED) is 0.796. The molecular weight excluding hydrogens is 242 g/mol. The van der Waals surface area contributed by atoms with E-state index in [1.807, 2.05) is 13.0 Å². The first kappa shape index (κ1) is 14.1. The molecule has 0 aromatic carbocycles. The van der Waals surface area contributed by atoms with E-state index in [0.717, 1.165) is 38.0 Å². The number of ether oxygens (including phenoxy) is 1. The molecule has 0 atom stereocenters. The number of aromatic amines is 1. The summed E-state index contributed by atoms with van der Waals surface area (Å²) >= 11 is 0. The predicted molar refractivity (Wildman–Crippen MR) is 74.0 cm³/mol. The highest BCUT2D eigenvalue weighted by Gasteiger charge is 2.31. The normalized spacial score (nSPS) is 22.0. The molecule has 1 fully saturated rings. The molecule has 0 saturated heterocycles. The Morgan fingerprint density at radius 1 is 1.53 bits per heavy atom. The fourth-order valence-corrected chi connectivity index (χ4v) is 2.49. The minimum Gasteiger partial charge on any atom is -0.378 e. The number of H-pyrrole nitrogens is 1. The zero-order valence-electron chi connectivity index (χ0n) is 11.7. The van der Waals surface area contributed by atoms with E-state index in [4.69, 9.17) is 4.74 Å². The Kier molecular flexibility index (Phi) is 4.96. The molecule has 1 heterocycles. The van der Waals surface area contributed by atoms with Crippen LogP contribution in [0.4, 0.5) is 5.82 Å². The van der Waals surface area contributed by atoms with Crippen molar-refractivity contribution in [3.05, 3.63) is 11.8 Å². The number of hydrogen-bond acceptors (Lipinski definition) is 3. The number of aromatic nitrogens is 2. The van der Waals surface area contributed by atoms with Gasteiger partial charge < -0.3 is 10.1 Å². The van der Waals surface area contributed by atoms with Crippen LogP contribution < -0.4 is 5.32 Å². The molecule has 2 N–H and O–H groups in total. The van der Waals surface area contributed by atoms with Crippen molar-refractivity contribution in [1.29, 1.82) is 0 Å². The molecule has 0 bridgehead atoms. The van der Waals surface area contributed by atoms with Gasteiger partial charge >= 0.3 is 0 Å². The first-order valence-electron chi connectivity index (χ1n) is 7.17. The Bertz CT molecular complexity index is 411.